The van der Waals surface area contributed by atoms with Gasteiger partial charge in [0.15, 0.2) is 0 Å². The second-order valence-corrected chi connectivity index (χ2v) is 6.57. The molecule has 1 saturated heterocycles. The van der Waals surface area contributed by atoms with E-state index in [1.165, 1.54) is 49.5 Å². The Hall–Kier alpha value is 0.140. The first-order valence-electron chi connectivity index (χ1n) is 5.87. The molecule has 1 aliphatic carbocycles. The van der Waals surface area contributed by atoms with E-state index in [0.717, 1.165) is 6.04 Å². The average molecular weight is 286 g/mol. The van der Waals surface area contributed by atoms with Crippen LogP contribution in [0.2, 0.25) is 0 Å². The molecule has 1 nitrogen and oxygen atoms in total. The minimum Gasteiger partial charge on any atom is -0.314 e. The van der Waals surface area contributed by atoms with Gasteiger partial charge in [0, 0.05) is 20.3 Å². The van der Waals surface area contributed by atoms with Crippen molar-refractivity contribution in [3.8, 4) is 0 Å². The SMILES string of the molecule is Brc1c(CC2CCCN2)sc2c1CCC2. The minimum absolute atomic E-state index is 0.736. The van der Waals surface area contributed by atoms with Crippen molar-refractivity contribution in [3.63, 3.8) is 0 Å². The van der Waals surface area contributed by atoms with E-state index in [1.807, 2.05) is 11.3 Å². The number of hydrogen-bond donors (Lipinski definition) is 1. The molecule has 0 radical (unpaired) electrons. The highest BCUT2D eigenvalue weighted by Crippen LogP contribution is 2.39. The molecule has 0 amide bonds. The van der Waals surface area contributed by atoms with E-state index in [1.54, 1.807) is 15.3 Å². The van der Waals surface area contributed by atoms with Crippen molar-refractivity contribution < 1.29 is 0 Å². The van der Waals surface area contributed by atoms with E-state index in [4.69, 9.17) is 0 Å². The summed E-state index contributed by atoms with van der Waals surface area (Å²) in [5, 5.41) is 3.58. The van der Waals surface area contributed by atoms with Gasteiger partial charge in [0.2, 0.25) is 0 Å². The Labute approximate surface area is 103 Å². The third-order valence-corrected chi connectivity index (χ3v) is 6.05. The predicted molar refractivity (Wildman–Crippen MR) is 68.8 cm³/mol. The highest BCUT2D eigenvalue weighted by atomic mass is 79.9. The second kappa shape index (κ2) is 4.19. The fraction of sp³-hybridized carbons (Fsp3) is 0.667. The summed E-state index contributed by atoms with van der Waals surface area (Å²) >= 11 is 5.84. The van der Waals surface area contributed by atoms with Crippen molar-refractivity contribution in [2.75, 3.05) is 6.54 Å². The van der Waals surface area contributed by atoms with E-state index >= 15 is 0 Å². The number of hydrogen-bond acceptors (Lipinski definition) is 2. The summed E-state index contributed by atoms with van der Waals surface area (Å²) in [6.45, 7) is 1.22. The normalized spacial score (nSPS) is 24.7. The number of aryl methyl sites for hydroxylation is 1. The van der Waals surface area contributed by atoms with Crippen molar-refractivity contribution in [1.29, 1.82) is 0 Å². The standard InChI is InChI=1S/C12H16BrNS/c13-12-9-4-1-5-10(9)15-11(12)7-8-3-2-6-14-8/h8,14H,1-7H2. The smallest absolute Gasteiger partial charge is 0.0349 e. The Balaban J connectivity index is 1.80. The third kappa shape index (κ3) is 1.90. The zero-order valence-electron chi connectivity index (χ0n) is 8.81. The summed E-state index contributed by atoms with van der Waals surface area (Å²) in [6, 6.07) is 0.736. The van der Waals surface area contributed by atoms with Crippen LogP contribution >= 0.6 is 27.3 Å². The maximum Gasteiger partial charge on any atom is 0.0349 e. The topological polar surface area (TPSA) is 12.0 Å². The quantitative estimate of drug-likeness (QED) is 0.879. The lowest BCUT2D eigenvalue weighted by Gasteiger charge is -2.08. The highest BCUT2D eigenvalue weighted by molar-refractivity contribution is 9.10. The molecule has 0 saturated carbocycles. The fourth-order valence-electron chi connectivity index (χ4n) is 2.71. The van der Waals surface area contributed by atoms with Gasteiger partial charge in [-0.2, -0.15) is 0 Å². The van der Waals surface area contributed by atoms with Crippen LogP contribution in [0.1, 0.15) is 34.6 Å². The second-order valence-electron chi connectivity index (χ2n) is 4.59. The third-order valence-electron chi connectivity index (χ3n) is 3.52. The van der Waals surface area contributed by atoms with Crippen LogP contribution in [-0.4, -0.2) is 12.6 Å². The van der Waals surface area contributed by atoms with E-state index < -0.39 is 0 Å². The van der Waals surface area contributed by atoms with E-state index in [9.17, 15) is 0 Å². The Bertz CT molecular complexity index is 366. The maximum atomic E-state index is 3.79. The van der Waals surface area contributed by atoms with Gasteiger partial charge in [-0.1, -0.05) is 0 Å². The molecule has 2 aliphatic rings. The van der Waals surface area contributed by atoms with Crippen LogP contribution in [0, 0.1) is 0 Å². The summed E-state index contributed by atoms with van der Waals surface area (Å²) < 4.78 is 1.44. The first kappa shape index (κ1) is 10.3. The van der Waals surface area contributed by atoms with Gasteiger partial charge in [-0.25, -0.2) is 0 Å². The number of rotatable bonds is 2. The van der Waals surface area contributed by atoms with Crippen LogP contribution in [0.15, 0.2) is 4.47 Å². The Kier molecular flexibility index (Phi) is 2.88. The van der Waals surface area contributed by atoms with Crippen molar-refractivity contribution in [3.05, 3.63) is 19.8 Å². The van der Waals surface area contributed by atoms with Gasteiger partial charge in [-0.05, 0) is 66.6 Å². The molecule has 1 atom stereocenters. The fourth-order valence-corrected chi connectivity index (χ4v) is 5.05. The molecular formula is C12H16BrNS. The zero-order valence-corrected chi connectivity index (χ0v) is 11.2. The van der Waals surface area contributed by atoms with Gasteiger partial charge in [0.05, 0.1) is 0 Å². The molecule has 2 heterocycles. The van der Waals surface area contributed by atoms with Gasteiger partial charge < -0.3 is 5.32 Å². The van der Waals surface area contributed by atoms with Crippen LogP contribution in [0.25, 0.3) is 0 Å². The molecule has 1 N–H and O–H groups in total. The van der Waals surface area contributed by atoms with Crippen LogP contribution in [0.3, 0.4) is 0 Å². The van der Waals surface area contributed by atoms with Gasteiger partial charge in [-0.15, -0.1) is 11.3 Å². The molecule has 3 rings (SSSR count). The number of fused-ring (bicyclic) bond motifs is 1. The number of thiophene rings is 1. The van der Waals surface area contributed by atoms with E-state index in [2.05, 4.69) is 21.2 Å². The molecular weight excluding hydrogens is 270 g/mol. The van der Waals surface area contributed by atoms with Crippen LogP contribution in [0.5, 0.6) is 0 Å². The minimum atomic E-state index is 0.736. The van der Waals surface area contributed by atoms with Crippen molar-refractivity contribution in [2.45, 2.75) is 44.6 Å². The first-order chi connectivity index (χ1) is 7.34. The van der Waals surface area contributed by atoms with Crippen LogP contribution in [0.4, 0.5) is 0 Å². The van der Waals surface area contributed by atoms with Crippen LogP contribution < -0.4 is 5.32 Å². The first-order valence-corrected chi connectivity index (χ1v) is 7.48. The summed E-state index contributed by atoms with van der Waals surface area (Å²) in [6.07, 6.45) is 7.92. The lowest BCUT2D eigenvalue weighted by atomic mass is 10.1. The molecule has 1 aromatic rings. The lowest BCUT2D eigenvalue weighted by molar-refractivity contribution is 0.606. The molecule has 0 bridgehead atoms. The number of halogens is 1. The van der Waals surface area contributed by atoms with Gasteiger partial charge in [0.25, 0.3) is 0 Å². The molecule has 3 heteroatoms. The monoisotopic (exact) mass is 285 g/mol. The summed E-state index contributed by atoms with van der Waals surface area (Å²) in [5.74, 6) is 0. The average Bonchev–Trinajstić information content (AvgIpc) is 2.89. The highest BCUT2D eigenvalue weighted by Gasteiger charge is 2.23. The van der Waals surface area contributed by atoms with Crippen molar-refractivity contribution in [2.24, 2.45) is 0 Å². The van der Waals surface area contributed by atoms with Crippen molar-refractivity contribution >= 4 is 27.3 Å². The van der Waals surface area contributed by atoms with Crippen LogP contribution in [-0.2, 0) is 19.3 Å². The van der Waals surface area contributed by atoms with Crippen molar-refractivity contribution in [1.82, 2.24) is 5.32 Å². The van der Waals surface area contributed by atoms with E-state index in [-0.39, 0.29) is 0 Å². The Morgan fingerprint density at radius 3 is 3.00 bits per heavy atom. The molecule has 15 heavy (non-hydrogen) atoms. The maximum absolute atomic E-state index is 3.79. The number of nitrogens with one attached hydrogen (secondary N) is 1. The molecule has 1 fully saturated rings. The zero-order chi connectivity index (χ0) is 10.3. The summed E-state index contributed by atoms with van der Waals surface area (Å²) in [5.41, 5.74) is 1.62. The molecule has 0 aromatic carbocycles. The lowest BCUT2D eigenvalue weighted by Crippen LogP contribution is -2.23. The molecule has 1 aliphatic heterocycles. The van der Waals surface area contributed by atoms with E-state index in [0.29, 0.717) is 0 Å². The molecule has 82 valence electrons. The largest absolute Gasteiger partial charge is 0.314 e. The molecule has 1 aromatic heterocycles. The Morgan fingerprint density at radius 2 is 2.27 bits per heavy atom. The Morgan fingerprint density at radius 1 is 1.33 bits per heavy atom. The van der Waals surface area contributed by atoms with Gasteiger partial charge >= 0.3 is 0 Å². The summed E-state index contributed by atoms with van der Waals surface area (Å²) in [7, 11) is 0. The summed E-state index contributed by atoms with van der Waals surface area (Å²) in [4.78, 5) is 3.23. The predicted octanol–water partition coefficient (Wildman–Crippen LogP) is 3.29. The van der Waals surface area contributed by atoms with Gasteiger partial charge in [0.1, 0.15) is 0 Å². The molecule has 0 spiro atoms. The van der Waals surface area contributed by atoms with Gasteiger partial charge in [-0.3, -0.25) is 0 Å². The molecule has 1 unspecified atom stereocenters.